The van der Waals surface area contributed by atoms with E-state index in [2.05, 4.69) is 38.2 Å². The Morgan fingerprint density at radius 2 is 1.88 bits per heavy atom. The molecule has 1 heterocycles. The number of ether oxygens (including phenoxy) is 1. The number of carbonyl (C=O) groups is 1. The Kier molecular flexibility index (Phi) is 5.87. The van der Waals surface area contributed by atoms with Crippen molar-refractivity contribution < 1.29 is 9.53 Å². The molecule has 0 saturated heterocycles. The molecule has 0 unspecified atom stereocenters. The second kappa shape index (κ2) is 8.30. The lowest BCUT2D eigenvalue weighted by atomic mass is 10.2. The minimum atomic E-state index is -0.278. The van der Waals surface area contributed by atoms with E-state index < -0.39 is 0 Å². The van der Waals surface area contributed by atoms with Gasteiger partial charge >= 0.3 is 6.03 Å². The molecule has 2 amide bonds. The first-order valence-corrected chi connectivity index (χ1v) is 9.49. The summed E-state index contributed by atoms with van der Waals surface area (Å²) in [6.07, 6.45) is 0. The average Bonchev–Trinajstić information content (AvgIpc) is 3.09. The highest BCUT2D eigenvalue weighted by molar-refractivity contribution is 14.1. The highest BCUT2D eigenvalue weighted by Gasteiger charge is 2.08. The number of nitrogens with one attached hydrogen (secondary N) is 2. The van der Waals surface area contributed by atoms with E-state index in [0.717, 1.165) is 22.6 Å². The number of thiazole rings is 1. The number of rotatable bonds is 5. The van der Waals surface area contributed by atoms with Gasteiger partial charge in [0.15, 0.2) is 5.13 Å². The van der Waals surface area contributed by atoms with Crippen LogP contribution < -0.4 is 15.4 Å². The zero-order chi connectivity index (χ0) is 17.6. The molecule has 128 valence electrons. The summed E-state index contributed by atoms with van der Waals surface area (Å²) in [5, 5.41) is 8.09. The maximum atomic E-state index is 12.0. The van der Waals surface area contributed by atoms with Gasteiger partial charge in [-0.1, -0.05) is 24.3 Å². The Labute approximate surface area is 163 Å². The largest absolute Gasteiger partial charge is 0.497 e. The van der Waals surface area contributed by atoms with Crippen molar-refractivity contribution in [3.63, 3.8) is 0 Å². The Hall–Kier alpha value is -2.13. The SMILES string of the molecule is COc1ccc(CNC(=O)Nc2nc(-c3ccc(I)cc3)cs2)cc1. The number of anilines is 1. The molecule has 0 radical (unpaired) electrons. The van der Waals surface area contributed by atoms with Crippen molar-refractivity contribution >= 4 is 45.1 Å². The van der Waals surface area contributed by atoms with Gasteiger partial charge in [0.1, 0.15) is 5.75 Å². The van der Waals surface area contributed by atoms with E-state index in [4.69, 9.17) is 4.74 Å². The minimum Gasteiger partial charge on any atom is -0.497 e. The lowest BCUT2D eigenvalue weighted by Crippen LogP contribution is -2.28. The van der Waals surface area contributed by atoms with Gasteiger partial charge in [0, 0.05) is 21.1 Å². The number of hydrogen-bond donors (Lipinski definition) is 2. The van der Waals surface area contributed by atoms with Gasteiger partial charge in [-0.2, -0.15) is 0 Å². The summed E-state index contributed by atoms with van der Waals surface area (Å²) in [6, 6.07) is 15.4. The molecule has 0 aliphatic rings. The first-order chi connectivity index (χ1) is 12.1. The molecule has 3 rings (SSSR count). The molecule has 25 heavy (non-hydrogen) atoms. The molecule has 5 nitrogen and oxygen atoms in total. The molecule has 0 atom stereocenters. The Morgan fingerprint density at radius 3 is 2.56 bits per heavy atom. The van der Waals surface area contributed by atoms with Crippen molar-refractivity contribution in [2.45, 2.75) is 6.54 Å². The van der Waals surface area contributed by atoms with Gasteiger partial charge in [0.2, 0.25) is 0 Å². The summed E-state index contributed by atoms with van der Waals surface area (Å²) in [7, 11) is 1.62. The zero-order valence-electron chi connectivity index (χ0n) is 13.5. The quantitative estimate of drug-likeness (QED) is 0.535. The number of halogens is 1. The van der Waals surface area contributed by atoms with E-state index in [9.17, 15) is 4.79 Å². The predicted octanol–water partition coefficient (Wildman–Crippen LogP) is 4.75. The summed E-state index contributed by atoms with van der Waals surface area (Å²) in [5.74, 6) is 0.791. The van der Waals surface area contributed by atoms with Crippen LogP contribution in [0.4, 0.5) is 9.93 Å². The van der Waals surface area contributed by atoms with Crippen LogP contribution in [0.5, 0.6) is 5.75 Å². The van der Waals surface area contributed by atoms with Crippen LogP contribution in [-0.2, 0) is 6.54 Å². The molecule has 0 fully saturated rings. The average molecular weight is 465 g/mol. The highest BCUT2D eigenvalue weighted by Crippen LogP contribution is 2.25. The molecule has 0 spiro atoms. The van der Waals surface area contributed by atoms with E-state index in [1.807, 2.05) is 53.9 Å². The molecular formula is C18H16IN3O2S. The lowest BCUT2D eigenvalue weighted by molar-refractivity contribution is 0.251. The van der Waals surface area contributed by atoms with Gasteiger partial charge in [-0.3, -0.25) is 5.32 Å². The Bertz CT molecular complexity index is 848. The molecule has 0 bridgehead atoms. The van der Waals surface area contributed by atoms with Gasteiger partial charge < -0.3 is 10.1 Å². The number of nitrogens with zero attached hydrogens (tertiary/aromatic N) is 1. The van der Waals surface area contributed by atoms with Crippen molar-refractivity contribution in [3.8, 4) is 17.0 Å². The number of amides is 2. The van der Waals surface area contributed by atoms with Crippen LogP contribution in [0, 0.1) is 3.57 Å². The normalized spacial score (nSPS) is 10.3. The van der Waals surface area contributed by atoms with Crippen LogP contribution in [-0.4, -0.2) is 18.1 Å². The van der Waals surface area contributed by atoms with Gasteiger partial charge in [0.05, 0.1) is 12.8 Å². The summed E-state index contributed by atoms with van der Waals surface area (Å²) in [5.41, 5.74) is 2.88. The summed E-state index contributed by atoms with van der Waals surface area (Å²) >= 11 is 3.67. The third kappa shape index (κ3) is 4.93. The van der Waals surface area contributed by atoms with Crippen LogP contribution in [0.2, 0.25) is 0 Å². The molecule has 1 aromatic heterocycles. The monoisotopic (exact) mass is 465 g/mol. The van der Waals surface area contributed by atoms with Crippen molar-refractivity contribution in [2.75, 3.05) is 12.4 Å². The summed E-state index contributed by atoms with van der Waals surface area (Å²) in [6.45, 7) is 0.436. The van der Waals surface area contributed by atoms with E-state index in [1.165, 1.54) is 14.9 Å². The number of benzene rings is 2. The number of urea groups is 1. The van der Waals surface area contributed by atoms with E-state index in [1.54, 1.807) is 7.11 Å². The Balaban J connectivity index is 1.55. The third-order valence-electron chi connectivity index (χ3n) is 3.48. The number of aromatic nitrogens is 1. The van der Waals surface area contributed by atoms with Crippen LogP contribution >= 0.6 is 33.9 Å². The van der Waals surface area contributed by atoms with Crippen molar-refractivity contribution in [1.82, 2.24) is 10.3 Å². The molecule has 3 aromatic rings. The minimum absolute atomic E-state index is 0.278. The maximum absolute atomic E-state index is 12.0. The molecular weight excluding hydrogens is 449 g/mol. The fourth-order valence-electron chi connectivity index (χ4n) is 2.15. The van der Waals surface area contributed by atoms with Gasteiger partial charge in [-0.15, -0.1) is 11.3 Å². The van der Waals surface area contributed by atoms with E-state index in [-0.39, 0.29) is 6.03 Å². The van der Waals surface area contributed by atoms with E-state index >= 15 is 0 Å². The van der Waals surface area contributed by atoms with Crippen LogP contribution in [0.25, 0.3) is 11.3 Å². The fourth-order valence-corrected chi connectivity index (χ4v) is 3.23. The second-order valence-corrected chi connectivity index (χ2v) is 7.30. The topological polar surface area (TPSA) is 63.2 Å². The lowest BCUT2D eigenvalue weighted by Gasteiger charge is -2.06. The highest BCUT2D eigenvalue weighted by atomic mass is 127. The fraction of sp³-hybridized carbons (Fsp3) is 0.111. The van der Waals surface area contributed by atoms with Gasteiger partial charge in [-0.25, -0.2) is 9.78 Å². The van der Waals surface area contributed by atoms with E-state index in [0.29, 0.717) is 11.7 Å². The van der Waals surface area contributed by atoms with Gasteiger partial charge in [-0.05, 0) is 52.4 Å². The number of hydrogen-bond acceptors (Lipinski definition) is 4. The van der Waals surface area contributed by atoms with Crippen molar-refractivity contribution in [3.05, 3.63) is 63.0 Å². The third-order valence-corrected chi connectivity index (χ3v) is 4.95. The molecule has 2 aromatic carbocycles. The first-order valence-electron chi connectivity index (χ1n) is 7.53. The predicted molar refractivity (Wildman–Crippen MR) is 109 cm³/mol. The number of carbonyl (C=O) groups excluding carboxylic acids is 1. The first kappa shape index (κ1) is 17.7. The molecule has 2 N–H and O–H groups in total. The molecule has 7 heteroatoms. The van der Waals surface area contributed by atoms with Gasteiger partial charge in [0.25, 0.3) is 0 Å². The number of methoxy groups -OCH3 is 1. The molecule has 0 aliphatic carbocycles. The van der Waals surface area contributed by atoms with Crippen LogP contribution in [0.1, 0.15) is 5.56 Å². The smallest absolute Gasteiger partial charge is 0.321 e. The Morgan fingerprint density at radius 1 is 1.16 bits per heavy atom. The summed E-state index contributed by atoms with van der Waals surface area (Å²) < 4.78 is 6.29. The molecule has 0 saturated carbocycles. The summed E-state index contributed by atoms with van der Waals surface area (Å²) in [4.78, 5) is 16.5. The maximum Gasteiger partial charge on any atom is 0.321 e. The van der Waals surface area contributed by atoms with Crippen molar-refractivity contribution in [1.29, 1.82) is 0 Å². The zero-order valence-corrected chi connectivity index (χ0v) is 16.4. The van der Waals surface area contributed by atoms with Crippen LogP contribution in [0.3, 0.4) is 0 Å². The second-order valence-electron chi connectivity index (χ2n) is 5.20. The van der Waals surface area contributed by atoms with Crippen molar-refractivity contribution in [2.24, 2.45) is 0 Å². The standard InChI is InChI=1S/C18H16IN3O2S/c1-24-15-8-2-12(3-9-15)10-20-17(23)22-18-21-16(11-25-18)13-4-6-14(19)7-5-13/h2-9,11H,10H2,1H3,(H2,20,21,22,23). The molecule has 0 aliphatic heterocycles. The van der Waals surface area contributed by atoms with Crippen LogP contribution in [0.15, 0.2) is 53.9 Å².